The SMILES string of the molecule is CC(C)[Si](C[C@@H]1C[C@H](c2ccccc2)Nc2ccccc21)(C(C)C)C(C)C. The van der Waals surface area contributed by atoms with Crippen molar-refractivity contribution in [3.63, 3.8) is 0 Å². The van der Waals surface area contributed by atoms with Crippen LogP contribution in [0, 0.1) is 0 Å². The summed E-state index contributed by atoms with van der Waals surface area (Å²) in [6.45, 7) is 15.0. The molecule has 2 aromatic rings. The van der Waals surface area contributed by atoms with E-state index in [1.54, 1.807) is 5.56 Å². The van der Waals surface area contributed by atoms with Gasteiger partial charge in [0.1, 0.15) is 0 Å². The van der Waals surface area contributed by atoms with Gasteiger partial charge in [-0.1, -0.05) is 107 Å². The lowest BCUT2D eigenvalue weighted by Crippen LogP contribution is -2.46. The zero-order chi connectivity index (χ0) is 19.6. The molecule has 0 radical (unpaired) electrons. The van der Waals surface area contributed by atoms with Gasteiger partial charge in [-0.2, -0.15) is 0 Å². The first-order chi connectivity index (χ1) is 12.9. The Morgan fingerprint density at radius 2 is 1.37 bits per heavy atom. The summed E-state index contributed by atoms with van der Waals surface area (Å²) in [7, 11) is -1.44. The van der Waals surface area contributed by atoms with Crippen LogP contribution in [0.4, 0.5) is 5.69 Å². The number of nitrogens with one attached hydrogen (secondary N) is 1. The third kappa shape index (κ3) is 3.87. The van der Waals surface area contributed by atoms with Gasteiger partial charge in [0.05, 0.1) is 14.1 Å². The summed E-state index contributed by atoms with van der Waals surface area (Å²) in [5.41, 5.74) is 6.76. The van der Waals surface area contributed by atoms with Gasteiger partial charge in [-0.3, -0.25) is 0 Å². The van der Waals surface area contributed by atoms with Gasteiger partial charge in [0, 0.05) is 5.69 Å². The maximum atomic E-state index is 3.83. The Labute approximate surface area is 167 Å². The highest BCUT2D eigenvalue weighted by Gasteiger charge is 2.45. The van der Waals surface area contributed by atoms with Crippen LogP contribution in [0.2, 0.25) is 22.7 Å². The van der Waals surface area contributed by atoms with Gasteiger partial charge in [0.25, 0.3) is 0 Å². The lowest BCUT2D eigenvalue weighted by Gasteiger charge is -2.47. The van der Waals surface area contributed by atoms with E-state index in [0.29, 0.717) is 12.0 Å². The van der Waals surface area contributed by atoms with E-state index in [1.165, 1.54) is 23.7 Å². The predicted molar refractivity (Wildman–Crippen MR) is 122 cm³/mol. The molecule has 0 fully saturated rings. The fraction of sp³-hybridized carbons (Fsp3) is 0.520. The number of hydrogen-bond acceptors (Lipinski definition) is 1. The van der Waals surface area contributed by atoms with Gasteiger partial charge in [-0.05, 0) is 35.6 Å². The summed E-state index contributed by atoms with van der Waals surface area (Å²) in [5, 5.41) is 3.83. The Bertz CT molecular complexity index is 713. The molecule has 1 heterocycles. The zero-order valence-corrected chi connectivity index (χ0v) is 19.0. The number of fused-ring (bicyclic) bond motifs is 1. The maximum Gasteiger partial charge on any atom is 0.0618 e. The molecule has 2 aromatic carbocycles. The molecule has 1 N–H and O–H groups in total. The van der Waals surface area contributed by atoms with Gasteiger partial charge in [-0.25, -0.2) is 0 Å². The third-order valence-corrected chi connectivity index (χ3v) is 14.9. The first-order valence-corrected chi connectivity index (χ1v) is 13.2. The van der Waals surface area contributed by atoms with E-state index < -0.39 is 8.07 Å². The van der Waals surface area contributed by atoms with Gasteiger partial charge >= 0.3 is 0 Å². The number of rotatable bonds is 6. The topological polar surface area (TPSA) is 12.0 Å². The standard InChI is InChI=1S/C25H37NSi/c1-18(2)27(19(3)4,20(5)6)17-22-16-25(21-12-8-7-9-13-21)26-24-15-11-10-14-23(22)24/h7-15,18-20,22,25-26H,16-17H2,1-6H3/t22-,25+/m0/s1. The van der Waals surface area contributed by atoms with Crippen LogP contribution >= 0.6 is 0 Å². The van der Waals surface area contributed by atoms with Crippen LogP contribution in [-0.4, -0.2) is 8.07 Å². The van der Waals surface area contributed by atoms with Crippen LogP contribution in [0.1, 0.15) is 71.0 Å². The van der Waals surface area contributed by atoms with E-state index in [0.717, 1.165) is 16.6 Å². The molecular formula is C25H37NSi. The zero-order valence-electron chi connectivity index (χ0n) is 18.0. The lowest BCUT2D eigenvalue weighted by molar-refractivity contribution is 0.563. The highest BCUT2D eigenvalue weighted by molar-refractivity contribution is 6.83. The Balaban J connectivity index is 1.99. The van der Waals surface area contributed by atoms with Crippen molar-refractivity contribution >= 4 is 13.8 Å². The molecule has 0 unspecified atom stereocenters. The van der Waals surface area contributed by atoms with Crippen molar-refractivity contribution < 1.29 is 0 Å². The van der Waals surface area contributed by atoms with Crippen molar-refractivity contribution in [3.05, 3.63) is 65.7 Å². The second-order valence-corrected chi connectivity index (χ2v) is 15.5. The molecule has 0 aromatic heterocycles. The molecule has 2 atom stereocenters. The molecule has 3 rings (SSSR count). The van der Waals surface area contributed by atoms with Crippen LogP contribution in [0.15, 0.2) is 54.6 Å². The minimum absolute atomic E-state index is 0.421. The fourth-order valence-corrected chi connectivity index (χ4v) is 12.5. The van der Waals surface area contributed by atoms with E-state index >= 15 is 0 Å². The summed E-state index contributed by atoms with van der Waals surface area (Å²) >= 11 is 0. The molecule has 1 nitrogen and oxygen atoms in total. The second-order valence-electron chi connectivity index (χ2n) is 9.41. The first kappa shape index (κ1) is 20.2. The van der Waals surface area contributed by atoms with Crippen molar-refractivity contribution in [2.24, 2.45) is 0 Å². The number of anilines is 1. The summed E-state index contributed by atoms with van der Waals surface area (Å²) < 4.78 is 0. The van der Waals surface area contributed by atoms with Crippen LogP contribution < -0.4 is 5.32 Å². The van der Waals surface area contributed by atoms with E-state index in [-0.39, 0.29) is 0 Å². The smallest absolute Gasteiger partial charge is 0.0618 e. The Morgan fingerprint density at radius 3 is 1.96 bits per heavy atom. The average molecular weight is 380 g/mol. The molecule has 1 aliphatic heterocycles. The first-order valence-electron chi connectivity index (χ1n) is 10.8. The number of benzene rings is 2. The Kier molecular flexibility index (Phi) is 6.15. The Morgan fingerprint density at radius 1 is 0.815 bits per heavy atom. The third-order valence-electron chi connectivity index (χ3n) is 7.28. The minimum atomic E-state index is -1.44. The van der Waals surface area contributed by atoms with E-state index in [4.69, 9.17) is 0 Å². The van der Waals surface area contributed by atoms with Crippen LogP contribution in [0.3, 0.4) is 0 Å². The number of hydrogen-bond donors (Lipinski definition) is 1. The molecule has 0 bridgehead atoms. The number of para-hydroxylation sites is 1. The maximum absolute atomic E-state index is 3.83. The molecule has 1 aliphatic rings. The van der Waals surface area contributed by atoms with Crippen molar-refractivity contribution in [3.8, 4) is 0 Å². The summed E-state index contributed by atoms with van der Waals surface area (Å²) in [6.07, 6.45) is 1.21. The molecule has 0 aliphatic carbocycles. The van der Waals surface area contributed by atoms with Gasteiger partial charge in [-0.15, -0.1) is 0 Å². The van der Waals surface area contributed by atoms with Crippen LogP contribution in [-0.2, 0) is 0 Å². The second kappa shape index (κ2) is 8.22. The van der Waals surface area contributed by atoms with Crippen molar-refractivity contribution in [2.75, 3.05) is 5.32 Å². The molecule has 146 valence electrons. The van der Waals surface area contributed by atoms with E-state index in [1.807, 2.05) is 0 Å². The van der Waals surface area contributed by atoms with Crippen molar-refractivity contribution in [1.82, 2.24) is 0 Å². The van der Waals surface area contributed by atoms with Crippen LogP contribution in [0.5, 0.6) is 0 Å². The largest absolute Gasteiger partial charge is 0.378 e. The molecule has 0 spiro atoms. The molecule has 0 saturated heterocycles. The predicted octanol–water partition coefficient (Wildman–Crippen LogP) is 8.01. The summed E-state index contributed by atoms with van der Waals surface area (Å²) in [5.74, 6) is 0.659. The fourth-order valence-electron chi connectivity index (χ4n) is 5.87. The quantitative estimate of drug-likeness (QED) is 0.501. The molecule has 0 amide bonds. The van der Waals surface area contributed by atoms with Gasteiger partial charge < -0.3 is 5.32 Å². The van der Waals surface area contributed by atoms with E-state index in [9.17, 15) is 0 Å². The average Bonchev–Trinajstić information content (AvgIpc) is 2.65. The summed E-state index contributed by atoms with van der Waals surface area (Å²) in [4.78, 5) is 0. The van der Waals surface area contributed by atoms with E-state index in [2.05, 4.69) is 101 Å². The molecular weight excluding hydrogens is 342 g/mol. The van der Waals surface area contributed by atoms with Crippen LogP contribution in [0.25, 0.3) is 0 Å². The monoisotopic (exact) mass is 379 g/mol. The summed E-state index contributed by atoms with van der Waals surface area (Å²) in [6, 6.07) is 21.9. The molecule has 2 heteroatoms. The minimum Gasteiger partial charge on any atom is -0.378 e. The lowest BCUT2D eigenvalue weighted by atomic mass is 9.85. The normalized spacial score (nSPS) is 20.0. The highest BCUT2D eigenvalue weighted by Crippen LogP contribution is 2.52. The molecule has 0 saturated carbocycles. The van der Waals surface area contributed by atoms with Gasteiger partial charge in [0.15, 0.2) is 0 Å². The van der Waals surface area contributed by atoms with Gasteiger partial charge in [0.2, 0.25) is 0 Å². The molecule has 27 heavy (non-hydrogen) atoms. The highest BCUT2D eigenvalue weighted by atomic mass is 28.3. The van der Waals surface area contributed by atoms with Crippen molar-refractivity contribution in [1.29, 1.82) is 0 Å². The Hall–Kier alpha value is -1.54. The van der Waals surface area contributed by atoms with Crippen molar-refractivity contribution in [2.45, 2.75) is 82.6 Å².